The minimum Gasteiger partial charge on any atom is -0.465 e. The van der Waals surface area contributed by atoms with Gasteiger partial charge in [-0.1, -0.05) is 51.7 Å². The lowest BCUT2D eigenvalue weighted by Gasteiger charge is -1.98. The van der Waals surface area contributed by atoms with Crippen molar-refractivity contribution in [1.29, 1.82) is 0 Å². The highest BCUT2D eigenvalue weighted by atomic mass is 79.9. The molecule has 3 heteroatoms. The highest BCUT2D eigenvalue weighted by molar-refractivity contribution is 9.09. The summed E-state index contributed by atoms with van der Waals surface area (Å²) in [7, 11) is 1.36. The molecular weight excluding hydrogens is 340 g/mol. The second kappa shape index (κ2) is 8.08. The molecule has 108 valence electrons. The average Bonchev–Trinajstić information content (AvgIpc) is 2.58. The van der Waals surface area contributed by atoms with E-state index in [0.717, 1.165) is 16.7 Å². The van der Waals surface area contributed by atoms with Crippen molar-refractivity contribution in [2.75, 3.05) is 12.4 Å². The Morgan fingerprint density at radius 1 is 1.00 bits per heavy atom. The van der Waals surface area contributed by atoms with E-state index in [1.807, 2.05) is 24.3 Å². The number of hydrogen-bond acceptors (Lipinski definition) is 2. The third-order valence-electron chi connectivity index (χ3n) is 2.86. The first-order valence-electron chi connectivity index (χ1n) is 6.59. The molecule has 0 unspecified atom stereocenters. The first-order chi connectivity index (χ1) is 10.7. The lowest BCUT2D eigenvalue weighted by molar-refractivity contribution is 0.0601. The van der Waals surface area contributed by atoms with Crippen molar-refractivity contribution in [2.45, 2.75) is 0 Å². The number of halogens is 1. The van der Waals surface area contributed by atoms with Gasteiger partial charge in [0.25, 0.3) is 0 Å². The zero-order chi connectivity index (χ0) is 15.8. The molecule has 0 saturated heterocycles. The van der Waals surface area contributed by atoms with Crippen molar-refractivity contribution in [3.63, 3.8) is 0 Å². The Labute approximate surface area is 138 Å². The fourth-order valence-corrected chi connectivity index (χ4v) is 1.92. The smallest absolute Gasteiger partial charge is 0.337 e. The van der Waals surface area contributed by atoms with E-state index in [4.69, 9.17) is 0 Å². The van der Waals surface area contributed by atoms with Gasteiger partial charge >= 0.3 is 5.97 Å². The largest absolute Gasteiger partial charge is 0.465 e. The average molecular weight is 353 g/mol. The van der Waals surface area contributed by atoms with Gasteiger partial charge in [0, 0.05) is 16.7 Å². The predicted molar refractivity (Wildman–Crippen MR) is 90.9 cm³/mol. The first-order valence-corrected chi connectivity index (χ1v) is 7.71. The molecule has 2 rings (SSSR count). The summed E-state index contributed by atoms with van der Waals surface area (Å²) in [4.78, 5) is 11.4. The summed E-state index contributed by atoms with van der Waals surface area (Å²) in [5, 5.41) is 0.629. The topological polar surface area (TPSA) is 26.3 Å². The maximum Gasteiger partial charge on any atom is 0.337 e. The van der Waals surface area contributed by atoms with Gasteiger partial charge in [0.05, 0.1) is 18.0 Å². The molecule has 0 bridgehead atoms. The van der Waals surface area contributed by atoms with Crippen LogP contribution >= 0.6 is 15.9 Å². The normalized spacial score (nSPS) is 9.00. The van der Waals surface area contributed by atoms with Gasteiger partial charge in [0.2, 0.25) is 0 Å². The van der Waals surface area contributed by atoms with Crippen LogP contribution in [0.2, 0.25) is 0 Å². The summed E-state index contributed by atoms with van der Waals surface area (Å²) >= 11 is 3.28. The molecule has 2 aromatic carbocycles. The van der Waals surface area contributed by atoms with Crippen LogP contribution in [0.15, 0.2) is 48.5 Å². The summed E-state index contributed by atoms with van der Waals surface area (Å²) in [6.07, 6.45) is 0. The fourth-order valence-electron chi connectivity index (χ4n) is 1.78. The number of carbonyl (C=O) groups excluding carboxylic acids is 1. The summed E-state index contributed by atoms with van der Waals surface area (Å²) in [5.74, 6) is 11.9. The van der Waals surface area contributed by atoms with E-state index in [0.29, 0.717) is 10.9 Å². The molecule has 0 aliphatic rings. The van der Waals surface area contributed by atoms with E-state index < -0.39 is 0 Å². The number of esters is 1. The molecule has 0 fully saturated rings. The molecule has 2 aromatic rings. The van der Waals surface area contributed by atoms with Crippen molar-refractivity contribution in [3.05, 3.63) is 70.8 Å². The van der Waals surface area contributed by atoms with Gasteiger partial charge < -0.3 is 4.74 Å². The Morgan fingerprint density at radius 2 is 1.64 bits per heavy atom. The van der Waals surface area contributed by atoms with Crippen molar-refractivity contribution in [3.8, 4) is 23.7 Å². The monoisotopic (exact) mass is 352 g/mol. The predicted octanol–water partition coefficient (Wildman–Crippen LogP) is 3.62. The molecule has 0 aliphatic carbocycles. The molecule has 22 heavy (non-hydrogen) atoms. The van der Waals surface area contributed by atoms with Gasteiger partial charge in [0.15, 0.2) is 0 Å². The molecule has 0 aromatic heterocycles. The fraction of sp³-hybridized carbons (Fsp3) is 0.105. The van der Waals surface area contributed by atoms with Crippen molar-refractivity contribution in [1.82, 2.24) is 0 Å². The van der Waals surface area contributed by atoms with Crippen LogP contribution in [0.3, 0.4) is 0 Å². The van der Waals surface area contributed by atoms with E-state index in [1.54, 1.807) is 24.3 Å². The van der Waals surface area contributed by atoms with E-state index >= 15 is 0 Å². The Bertz CT molecular complexity index is 784. The summed E-state index contributed by atoms with van der Waals surface area (Å²) in [5.41, 5.74) is 3.13. The summed E-state index contributed by atoms with van der Waals surface area (Å²) in [6, 6.07) is 14.8. The van der Waals surface area contributed by atoms with E-state index in [1.165, 1.54) is 7.11 Å². The Hall–Kier alpha value is -2.49. The third-order valence-corrected chi connectivity index (χ3v) is 3.14. The minimum atomic E-state index is -0.352. The highest BCUT2D eigenvalue weighted by Gasteiger charge is 2.03. The molecule has 0 aliphatic heterocycles. The lowest BCUT2D eigenvalue weighted by atomic mass is 10.1. The maximum atomic E-state index is 11.4. The zero-order valence-electron chi connectivity index (χ0n) is 12.0. The van der Waals surface area contributed by atoms with E-state index in [-0.39, 0.29) is 5.97 Å². The molecule has 0 saturated carbocycles. The minimum absolute atomic E-state index is 0.352. The maximum absolute atomic E-state index is 11.4. The molecular formula is C19H13BrO2. The Balaban J connectivity index is 2.25. The van der Waals surface area contributed by atoms with E-state index in [2.05, 4.69) is 44.3 Å². The van der Waals surface area contributed by atoms with Crippen LogP contribution in [-0.4, -0.2) is 18.4 Å². The van der Waals surface area contributed by atoms with Crippen LogP contribution < -0.4 is 0 Å². The standard InChI is InChI=1S/C19H13BrO2/c1-22-19(21)18-12-9-15(10-13-18)8-11-17-6-3-2-5-16(17)7-4-14-20/h2-3,5-6,9-10,12-13H,14H2,1H3. The first kappa shape index (κ1) is 15.9. The van der Waals surface area contributed by atoms with Crippen LogP contribution in [0, 0.1) is 23.7 Å². The number of alkyl halides is 1. The van der Waals surface area contributed by atoms with E-state index in [9.17, 15) is 4.79 Å². The van der Waals surface area contributed by atoms with Gasteiger partial charge in [0.1, 0.15) is 0 Å². The third kappa shape index (κ3) is 4.25. The Kier molecular flexibility index (Phi) is 5.83. The van der Waals surface area contributed by atoms with Crippen LogP contribution in [0.5, 0.6) is 0 Å². The van der Waals surface area contributed by atoms with Gasteiger partial charge in [-0.05, 0) is 36.4 Å². The molecule has 2 nitrogen and oxygen atoms in total. The quantitative estimate of drug-likeness (QED) is 0.445. The molecule has 0 atom stereocenters. The van der Waals surface area contributed by atoms with Gasteiger partial charge in [-0.2, -0.15) is 0 Å². The molecule has 0 N–H and O–H groups in total. The van der Waals surface area contributed by atoms with Crippen molar-refractivity contribution < 1.29 is 9.53 Å². The summed E-state index contributed by atoms with van der Waals surface area (Å²) in [6.45, 7) is 0. The van der Waals surface area contributed by atoms with Crippen molar-refractivity contribution in [2.24, 2.45) is 0 Å². The number of methoxy groups -OCH3 is 1. The van der Waals surface area contributed by atoms with Crippen LogP contribution in [0.25, 0.3) is 0 Å². The Morgan fingerprint density at radius 3 is 2.23 bits per heavy atom. The van der Waals surface area contributed by atoms with Gasteiger partial charge in [-0.25, -0.2) is 4.79 Å². The number of benzene rings is 2. The molecule has 0 spiro atoms. The summed E-state index contributed by atoms with van der Waals surface area (Å²) < 4.78 is 4.66. The van der Waals surface area contributed by atoms with Crippen molar-refractivity contribution >= 4 is 21.9 Å². The number of ether oxygens (including phenoxy) is 1. The van der Waals surface area contributed by atoms with Gasteiger partial charge in [-0.15, -0.1) is 0 Å². The highest BCUT2D eigenvalue weighted by Crippen LogP contribution is 2.08. The van der Waals surface area contributed by atoms with Gasteiger partial charge in [-0.3, -0.25) is 0 Å². The second-order valence-electron chi connectivity index (χ2n) is 4.30. The zero-order valence-corrected chi connectivity index (χ0v) is 13.6. The van der Waals surface area contributed by atoms with Crippen LogP contribution in [0.1, 0.15) is 27.0 Å². The second-order valence-corrected chi connectivity index (χ2v) is 4.86. The number of rotatable bonds is 1. The number of carbonyl (C=O) groups is 1. The lowest BCUT2D eigenvalue weighted by Crippen LogP contribution is -2.00. The molecule has 0 heterocycles. The van der Waals surface area contributed by atoms with Crippen LogP contribution in [-0.2, 0) is 4.74 Å². The van der Waals surface area contributed by atoms with Crippen LogP contribution in [0.4, 0.5) is 0 Å². The number of hydrogen-bond donors (Lipinski definition) is 0. The molecule has 0 radical (unpaired) electrons. The molecule has 0 amide bonds. The SMILES string of the molecule is COC(=O)c1ccc(C#Cc2ccccc2C#CCBr)cc1.